The highest BCUT2D eigenvalue weighted by Crippen LogP contribution is 2.38. The Morgan fingerprint density at radius 3 is 2.48 bits per heavy atom. The van der Waals surface area contributed by atoms with Gasteiger partial charge in [-0.3, -0.25) is 15.0 Å². The van der Waals surface area contributed by atoms with Gasteiger partial charge in [0.05, 0.1) is 17.7 Å². The Bertz CT molecular complexity index is 821. The third-order valence-electron chi connectivity index (χ3n) is 5.61. The number of rotatable bonds is 5. The highest BCUT2D eigenvalue weighted by atomic mass is 79.9. The molecule has 9 nitrogen and oxygen atoms in total. The van der Waals surface area contributed by atoms with E-state index >= 15 is 0 Å². The molecule has 0 saturated carbocycles. The van der Waals surface area contributed by atoms with E-state index in [1.54, 1.807) is 6.07 Å². The number of carbonyl (C=O) groups is 1. The molecular formula is C21H31BrN4O5. The number of halogens is 1. The van der Waals surface area contributed by atoms with E-state index in [2.05, 4.69) is 25.7 Å². The number of anilines is 1. The average molecular weight is 499 g/mol. The smallest absolute Gasteiger partial charge is 0.410 e. The van der Waals surface area contributed by atoms with E-state index in [4.69, 9.17) is 9.47 Å². The van der Waals surface area contributed by atoms with Gasteiger partial charge in [-0.1, -0.05) is 0 Å². The maximum absolute atomic E-state index is 12.3. The Balaban J connectivity index is 1.53. The molecule has 1 amide bonds. The molecule has 2 fully saturated rings. The van der Waals surface area contributed by atoms with Gasteiger partial charge < -0.3 is 19.3 Å². The van der Waals surface area contributed by atoms with Gasteiger partial charge in [0.25, 0.3) is 0 Å². The highest BCUT2D eigenvalue weighted by Gasteiger charge is 2.31. The number of likely N-dealkylation sites (tertiary alicyclic amines) is 1. The van der Waals surface area contributed by atoms with Crippen molar-refractivity contribution in [2.45, 2.75) is 32.8 Å². The van der Waals surface area contributed by atoms with Gasteiger partial charge >= 0.3 is 11.8 Å². The molecule has 2 aliphatic heterocycles. The summed E-state index contributed by atoms with van der Waals surface area (Å²) in [6.07, 6.45) is 0.765. The van der Waals surface area contributed by atoms with E-state index in [1.807, 2.05) is 25.7 Å². The summed E-state index contributed by atoms with van der Waals surface area (Å²) in [5.74, 6) is 0.712. The molecule has 1 atom stereocenters. The number of hydrogen-bond acceptors (Lipinski definition) is 7. The molecule has 172 valence electrons. The number of hydrogen-bond donors (Lipinski definition) is 0. The fourth-order valence-electron chi connectivity index (χ4n) is 4.09. The lowest BCUT2D eigenvalue weighted by molar-refractivity contribution is -0.385. The molecule has 1 aromatic carbocycles. The first-order valence-corrected chi connectivity index (χ1v) is 11.3. The monoisotopic (exact) mass is 498 g/mol. The lowest BCUT2D eigenvalue weighted by Gasteiger charge is -2.37. The van der Waals surface area contributed by atoms with Crippen LogP contribution >= 0.6 is 15.9 Å². The summed E-state index contributed by atoms with van der Waals surface area (Å²) in [5, 5.41) is 11.2. The molecule has 0 unspecified atom stereocenters. The molecule has 0 radical (unpaired) electrons. The number of ether oxygens (including phenoxy) is 2. The number of benzene rings is 1. The van der Waals surface area contributed by atoms with Crippen molar-refractivity contribution in [2.24, 2.45) is 5.92 Å². The minimum absolute atomic E-state index is 0.0486. The van der Waals surface area contributed by atoms with Crippen LogP contribution in [0.15, 0.2) is 16.6 Å². The summed E-state index contributed by atoms with van der Waals surface area (Å²) in [6.45, 7) is 11.5. The van der Waals surface area contributed by atoms with Crippen LogP contribution < -0.4 is 9.64 Å². The van der Waals surface area contributed by atoms with Gasteiger partial charge in [-0.2, -0.15) is 0 Å². The molecule has 0 N–H and O–H groups in total. The van der Waals surface area contributed by atoms with E-state index in [0.717, 1.165) is 57.9 Å². The van der Waals surface area contributed by atoms with Gasteiger partial charge in [0.15, 0.2) is 5.75 Å². The van der Waals surface area contributed by atoms with Crippen molar-refractivity contribution in [1.29, 1.82) is 0 Å². The molecule has 0 bridgehead atoms. The Labute approximate surface area is 191 Å². The molecule has 2 heterocycles. The summed E-state index contributed by atoms with van der Waals surface area (Å²) in [7, 11) is 1.44. The molecular weight excluding hydrogens is 468 g/mol. The second-order valence-corrected chi connectivity index (χ2v) is 9.96. The summed E-state index contributed by atoms with van der Waals surface area (Å²) in [5.41, 5.74) is 0.381. The van der Waals surface area contributed by atoms with Gasteiger partial charge in [-0.05, 0) is 49.0 Å². The largest absolute Gasteiger partial charge is 0.490 e. The van der Waals surface area contributed by atoms with Crippen LogP contribution in [-0.2, 0) is 4.74 Å². The standard InChI is InChI=1S/C21H31BrN4O5/c1-21(2,3)31-20(27)25-6-5-15(14-25)13-23-7-9-24(10-8-23)17-12-19(30-4)18(26(28)29)11-16(17)22/h11-12,15H,5-10,13-14H2,1-4H3/t15-/m0/s1. The van der Waals surface area contributed by atoms with E-state index in [9.17, 15) is 14.9 Å². The maximum Gasteiger partial charge on any atom is 0.410 e. The van der Waals surface area contributed by atoms with E-state index < -0.39 is 10.5 Å². The zero-order valence-corrected chi connectivity index (χ0v) is 20.2. The van der Waals surface area contributed by atoms with Crippen LogP contribution in [0.4, 0.5) is 16.2 Å². The van der Waals surface area contributed by atoms with Crippen LogP contribution in [0.1, 0.15) is 27.2 Å². The molecule has 1 aromatic rings. The molecule has 3 rings (SSSR count). The first-order valence-electron chi connectivity index (χ1n) is 10.5. The van der Waals surface area contributed by atoms with E-state index in [0.29, 0.717) is 10.4 Å². The van der Waals surface area contributed by atoms with Crippen LogP contribution in [0.2, 0.25) is 0 Å². The van der Waals surface area contributed by atoms with Crippen molar-refractivity contribution in [3.05, 3.63) is 26.7 Å². The number of piperazine rings is 1. The van der Waals surface area contributed by atoms with Crippen molar-refractivity contribution < 1.29 is 19.2 Å². The lowest BCUT2D eigenvalue weighted by Crippen LogP contribution is -2.48. The SMILES string of the molecule is COc1cc(N2CCN(C[C@@H]3CCN(C(=O)OC(C)(C)C)C3)CC2)c(Br)cc1[N+](=O)[O-]. The summed E-state index contributed by atoms with van der Waals surface area (Å²) >= 11 is 3.48. The molecule has 0 aliphatic carbocycles. The van der Waals surface area contributed by atoms with Gasteiger partial charge in [0.2, 0.25) is 0 Å². The van der Waals surface area contributed by atoms with Gasteiger partial charge in [-0.25, -0.2) is 4.79 Å². The average Bonchev–Trinajstić information content (AvgIpc) is 3.16. The fraction of sp³-hybridized carbons (Fsp3) is 0.667. The minimum Gasteiger partial charge on any atom is -0.490 e. The number of nitro benzene ring substituents is 1. The van der Waals surface area contributed by atoms with Crippen LogP contribution in [-0.4, -0.2) is 79.3 Å². The van der Waals surface area contributed by atoms with Crippen LogP contribution in [0.3, 0.4) is 0 Å². The van der Waals surface area contributed by atoms with Gasteiger partial charge in [0, 0.05) is 62.4 Å². The van der Waals surface area contributed by atoms with Gasteiger partial charge in [0.1, 0.15) is 5.60 Å². The van der Waals surface area contributed by atoms with Crippen LogP contribution in [0, 0.1) is 16.0 Å². The van der Waals surface area contributed by atoms with Crippen molar-refractivity contribution >= 4 is 33.4 Å². The second kappa shape index (κ2) is 9.60. The molecule has 0 aromatic heterocycles. The zero-order chi connectivity index (χ0) is 22.8. The molecule has 0 spiro atoms. The number of carbonyl (C=O) groups excluding carboxylic acids is 1. The fourth-order valence-corrected chi connectivity index (χ4v) is 4.67. The predicted molar refractivity (Wildman–Crippen MR) is 122 cm³/mol. The Morgan fingerprint density at radius 1 is 1.23 bits per heavy atom. The molecule has 2 saturated heterocycles. The Morgan fingerprint density at radius 2 is 1.90 bits per heavy atom. The first-order chi connectivity index (χ1) is 14.6. The number of nitrogens with zero attached hydrogens (tertiary/aromatic N) is 4. The lowest BCUT2D eigenvalue weighted by atomic mass is 10.1. The van der Waals surface area contributed by atoms with Crippen molar-refractivity contribution in [3.63, 3.8) is 0 Å². The summed E-state index contributed by atoms with van der Waals surface area (Å²) in [6, 6.07) is 3.23. The van der Waals surface area contributed by atoms with Crippen LogP contribution in [0.5, 0.6) is 5.75 Å². The summed E-state index contributed by atoms with van der Waals surface area (Å²) in [4.78, 5) is 29.5. The number of amides is 1. The number of methoxy groups -OCH3 is 1. The topological polar surface area (TPSA) is 88.4 Å². The molecule has 31 heavy (non-hydrogen) atoms. The van der Waals surface area contributed by atoms with E-state index in [1.165, 1.54) is 13.2 Å². The zero-order valence-electron chi connectivity index (χ0n) is 18.6. The number of nitro groups is 1. The molecule has 2 aliphatic rings. The highest BCUT2D eigenvalue weighted by molar-refractivity contribution is 9.10. The minimum atomic E-state index is -0.472. The van der Waals surface area contributed by atoms with Gasteiger partial charge in [-0.15, -0.1) is 0 Å². The van der Waals surface area contributed by atoms with Crippen molar-refractivity contribution in [3.8, 4) is 5.75 Å². The Hall–Kier alpha value is -2.07. The summed E-state index contributed by atoms with van der Waals surface area (Å²) < 4.78 is 11.4. The maximum atomic E-state index is 12.3. The third-order valence-corrected chi connectivity index (χ3v) is 6.25. The first kappa shape index (κ1) is 23.6. The van der Waals surface area contributed by atoms with Crippen molar-refractivity contribution in [2.75, 3.05) is 57.8 Å². The van der Waals surface area contributed by atoms with Crippen molar-refractivity contribution in [1.82, 2.24) is 9.80 Å². The van der Waals surface area contributed by atoms with E-state index in [-0.39, 0.29) is 17.5 Å². The third kappa shape index (κ3) is 6.00. The molecule has 10 heteroatoms. The Kier molecular flexibility index (Phi) is 7.31. The van der Waals surface area contributed by atoms with Crippen LogP contribution in [0.25, 0.3) is 0 Å². The predicted octanol–water partition coefficient (Wildman–Crippen LogP) is 3.74. The quantitative estimate of drug-likeness (QED) is 0.451. The second-order valence-electron chi connectivity index (χ2n) is 9.10. The normalized spacial score (nSPS) is 20.1.